The molecule has 3 N–H and O–H groups in total. The molecule has 0 saturated heterocycles. The molecular weight excluding hydrogens is 768 g/mol. The third-order valence-electron chi connectivity index (χ3n) is 8.59. The SMILES string of the molecule is CCCCCCCCCCCCCC(=O)Nc1ccc(Cl)c(NC2=NN(c3c(Cl)cc(Cl)cc3Cl)C(=O)C2NS(=O)(=O)c2cc3ccccc3o2)c1. The summed E-state index contributed by atoms with van der Waals surface area (Å²) in [6, 6.07) is 14.1. The summed E-state index contributed by atoms with van der Waals surface area (Å²) >= 11 is 25.5. The van der Waals surface area contributed by atoms with Gasteiger partial charge in [-0.1, -0.05) is 136 Å². The summed E-state index contributed by atoms with van der Waals surface area (Å²) in [5.41, 5.74) is 1.05. The topological polar surface area (TPSA) is 133 Å². The minimum Gasteiger partial charge on any atom is -0.443 e. The van der Waals surface area contributed by atoms with Gasteiger partial charge in [0, 0.05) is 28.6 Å². The zero-order valence-corrected chi connectivity index (χ0v) is 32.5. The predicted octanol–water partition coefficient (Wildman–Crippen LogP) is 10.8. The van der Waals surface area contributed by atoms with Crippen LogP contribution in [0.4, 0.5) is 17.1 Å². The molecule has 1 aliphatic rings. The van der Waals surface area contributed by atoms with Crippen molar-refractivity contribution in [2.45, 2.75) is 95.1 Å². The second-order valence-electron chi connectivity index (χ2n) is 12.7. The van der Waals surface area contributed by atoms with Crippen LogP contribution in [-0.2, 0) is 19.6 Å². The number of fused-ring (bicyclic) bond motifs is 1. The van der Waals surface area contributed by atoms with E-state index >= 15 is 0 Å². The van der Waals surface area contributed by atoms with Crippen LogP contribution in [0.3, 0.4) is 0 Å². The number of furan rings is 1. The molecule has 0 radical (unpaired) electrons. The number of para-hydroxylation sites is 1. The average Bonchev–Trinajstić information content (AvgIpc) is 3.66. The fourth-order valence-electron chi connectivity index (χ4n) is 5.87. The van der Waals surface area contributed by atoms with Crippen molar-refractivity contribution in [3.8, 4) is 0 Å². The van der Waals surface area contributed by atoms with Crippen LogP contribution in [0.15, 0.2) is 75.3 Å². The van der Waals surface area contributed by atoms with E-state index in [-0.39, 0.29) is 43.2 Å². The molecule has 278 valence electrons. The molecule has 4 aromatic rings. The van der Waals surface area contributed by atoms with Crippen molar-refractivity contribution in [2.24, 2.45) is 5.10 Å². The van der Waals surface area contributed by atoms with Crippen molar-refractivity contribution in [2.75, 3.05) is 15.6 Å². The van der Waals surface area contributed by atoms with Crippen molar-refractivity contribution in [1.82, 2.24) is 4.72 Å². The molecule has 1 atom stereocenters. The number of hydrazone groups is 1. The average molecular weight is 810 g/mol. The summed E-state index contributed by atoms with van der Waals surface area (Å²) in [5, 5.41) is 11.8. The van der Waals surface area contributed by atoms with Gasteiger partial charge in [-0.25, -0.2) is 8.42 Å². The van der Waals surface area contributed by atoms with E-state index in [0.29, 0.717) is 23.1 Å². The molecule has 1 aliphatic heterocycles. The fourth-order valence-corrected chi connectivity index (χ4v) is 8.13. The minimum absolute atomic E-state index is 0.00279. The van der Waals surface area contributed by atoms with E-state index < -0.39 is 27.1 Å². The first kappa shape index (κ1) is 39.9. The van der Waals surface area contributed by atoms with E-state index in [2.05, 4.69) is 27.4 Å². The second-order valence-corrected chi connectivity index (χ2v) is 16.0. The monoisotopic (exact) mass is 807 g/mol. The van der Waals surface area contributed by atoms with E-state index in [4.69, 9.17) is 50.8 Å². The second kappa shape index (κ2) is 18.6. The summed E-state index contributed by atoms with van der Waals surface area (Å²) in [6.45, 7) is 2.23. The van der Waals surface area contributed by atoms with Gasteiger partial charge in [-0.05, 0) is 42.8 Å². The smallest absolute Gasteiger partial charge is 0.275 e. The highest BCUT2D eigenvalue weighted by atomic mass is 35.5. The number of anilines is 3. The van der Waals surface area contributed by atoms with Crippen molar-refractivity contribution in [3.63, 3.8) is 0 Å². The molecule has 0 aliphatic carbocycles. The highest BCUT2D eigenvalue weighted by molar-refractivity contribution is 7.89. The molecule has 15 heteroatoms. The zero-order chi connectivity index (χ0) is 37.3. The Hall–Kier alpha value is -3.32. The van der Waals surface area contributed by atoms with E-state index in [0.717, 1.165) is 24.3 Å². The number of nitrogens with one attached hydrogen (secondary N) is 3. The Labute approximate surface area is 324 Å². The maximum absolute atomic E-state index is 13.9. The number of rotatable bonds is 18. The number of benzene rings is 3. The maximum Gasteiger partial charge on any atom is 0.275 e. The molecule has 2 amide bonds. The first-order valence-corrected chi connectivity index (χ1v) is 20.4. The summed E-state index contributed by atoms with van der Waals surface area (Å²) in [4.78, 5) is 26.7. The van der Waals surface area contributed by atoms with Crippen molar-refractivity contribution in [3.05, 3.63) is 80.8 Å². The third-order valence-corrected chi connectivity index (χ3v) is 11.0. The molecule has 0 bridgehead atoms. The first-order chi connectivity index (χ1) is 25.0. The van der Waals surface area contributed by atoms with Gasteiger partial charge in [0.25, 0.3) is 15.9 Å². The largest absolute Gasteiger partial charge is 0.443 e. The zero-order valence-electron chi connectivity index (χ0n) is 28.7. The lowest BCUT2D eigenvalue weighted by Gasteiger charge is -2.18. The van der Waals surface area contributed by atoms with Gasteiger partial charge in [0.05, 0.1) is 20.8 Å². The first-order valence-electron chi connectivity index (χ1n) is 17.4. The summed E-state index contributed by atoms with van der Waals surface area (Å²) < 4.78 is 35.1. The van der Waals surface area contributed by atoms with E-state index in [9.17, 15) is 18.0 Å². The van der Waals surface area contributed by atoms with Crippen LogP contribution in [0, 0.1) is 0 Å². The van der Waals surface area contributed by atoms with Gasteiger partial charge in [0.2, 0.25) is 11.0 Å². The Bertz CT molecular complexity index is 1980. The van der Waals surface area contributed by atoms with Crippen LogP contribution in [0.1, 0.15) is 84.0 Å². The van der Waals surface area contributed by atoms with Gasteiger partial charge in [-0.2, -0.15) is 9.73 Å². The molecule has 2 heterocycles. The standard InChI is InChI=1S/C37H41Cl4N5O5S/c1-2-3-4-5-6-7-8-9-10-11-12-17-32(47)42-26-18-19-27(39)30(23-26)43-36-34(37(48)46(44-36)35-28(40)21-25(38)22-29(35)41)45-52(49,50)33-20-24-15-13-14-16-31(24)51-33/h13-16,18-23,34,45H,2-12,17H2,1H3,(H,42,47)(H,43,44). The number of nitrogens with zero attached hydrogens (tertiary/aromatic N) is 2. The predicted molar refractivity (Wildman–Crippen MR) is 211 cm³/mol. The van der Waals surface area contributed by atoms with Gasteiger partial charge in [0.15, 0.2) is 11.9 Å². The number of amidine groups is 1. The van der Waals surface area contributed by atoms with Crippen molar-refractivity contribution >= 4 is 102 Å². The van der Waals surface area contributed by atoms with Crippen LogP contribution < -0.4 is 20.4 Å². The Morgan fingerprint density at radius 2 is 1.46 bits per heavy atom. The van der Waals surface area contributed by atoms with Crippen molar-refractivity contribution < 1.29 is 22.4 Å². The quantitative estimate of drug-likeness (QED) is 0.0857. The Morgan fingerprint density at radius 3 is 2.12 bits per heavy atom. The normalized spacial score (nSPS) is 14.6. The number of sulfonamides is 1. The highest BCUT2D eigenvalue weighted by Gasteiger charge is 2.42. The number of carbonyl (C=O) groups excluding carboxylic acids is 2. The van der Waals surface area contributed by atoms with Crippen LogP contribution in [0.2, 0.25) is 20.1 Å². The van der Waals surface area contributed by atoms with E-state index in [1.165, 1.54) is 69.6 Å². The van der Waals surface area contributed by atoms with Gasteiger partial charge < -0.3 is 15.1 Å². The molecule has 1 aromatic heterocycles. The maximum atomic E-state index is 13.9. The molecule has 0 spiro atoms. The molecule has 0 fully saturated rings. The molecule has 52 heavy (non-hydrogen) atoms. The minimum atomic E-state index is -4.42. The number of amides is 2. The molecule has 1 unspecified atom stereocenters. The van der Waals surface area contributed by atoms with E-state index in [1.54, 1.807) is 42.5 Å². The number of hydrogen-bond donors (Lipinski definition) is 3. The van der Waals surface area contributed by atoms with Gasteiger partial charge in [-0.3, -0.25) is 9.59 Å². The van der Waals surface area contributed by atoms with Gasteiger partial charge >= 0.3 is 0 Å². The molecule has 3 aromatic carbocycles. The Kier molecular flexibility index (Phi) is 14.3. The highest BCUT2D eigenvalue weighted by Crippen LogP contribution is 2.39. The number of carbonyl (C=O) groups is 2. The summed E-state index contributed by atoms with van der Waals surface area (Å²) in [7, 11) is -4.42. The molecule has 10 nitrogen and oxygen atoms in total. The number of hydrogen-bond acceptors (Lipinski definition) is 7. The Morgan fingerprint density at radius 1 is 0.827 bits per heavy atom. The van der Waals surface area contributed by atoms with E-state index in [1.807, 2.05) is 0 Å². The number of halogens is 4. The van der Waals surface area contributed by atoms with Gasteiger partial charge in [-0.15, -0.1) is 5.10 Å². The molecule has 0 saturated carbocycles. The summed E-state index contributed by atoms with van der Waals surface area (Å²) in [6.07, 6.45) is 13.4. The Balaban J connectivity index is 1.27. The van der Waals surface area contributed by atoms with Crippen LogP contribution in [0.5, 0.6) is 0 Å². The lowest BCUT2D eigenvalue weighted by Crippen LogP contribution is -2.48. The fraction of sp³-hybridized carbons (Fsp3) is 0.378. The molecular formula is C37H41Cl4N5O5S. The third kappa shape index (κ3) is 10.4. The van der Waals surface area contributed by atoms with Gasteiger partial charge in [0.1, 0.15) is 11.3 Å². The molecule has 5 rings (SSSR count). The van der Waals surface area contributed by atoms with Crippen LogP contribution >= 0.6 is 46.4 Å². The van der Waals surface area contributed by atoms with Crippen LogP contribution in [0.25, 0.3) is 11.0 Å². The number of unbranched alkanes of at least 4 members (excludes halogenated alkanes) is 10. The van der Waals surface area contributed by atoms with Crippen LogP contribution in [-0.4, -0.2) is 32.1 Å². The lowest BCUT2D eigenvalue weighted by atomic mass is 10.1. The lowest BCUT2D eigenvalue weighted by molar-refractivity contribution is -0.118. The summed E-state index contributed by atoms with van der Waals surface area (Å²) in [5.74, 6) is -1.11. The van der Waals surface area contributed by atoms with Crippen molar-refractivity contribution in [1.29, 1.82) is 0 Å².